The number of carbonyl (C=O) groups excluding carboxylic acids is 1. The quantitative estimate of drug-likeness (QED) is 0.557. The second-order valence-corrected chi connectivity index (χ2v) is 8.48. The second kappa shape index (κ2) is 8.33. The molecule has 0 atom stereocenters. The summed E-state index contributed by atoms with van der Waals surface area (Å²) in [7, 11) is 0. The minimum absolute atomic E-state index is 0.00161. The Morgan fingerprint density at radius 3 is 2.85 bits per heavy atom. The van der Waals surface area contributed by atoms with E-state index in [1.165, 1.54) is 22.2 Å². The minimum Gasteiger partial charge on any atom is -0.338 e. The van der Waals surface area contributed by atoms with Crippen LogP contribution in [0.2, 0.25) is 4.34 Å². The number of fused-ring (bicyclic) bond motifs is 1. The number of benzene rings is 1. The van der Waals surface area contributed by atoms with Crippen molar-refractivity contribution in [2.45, 2.75) is 26.4 Å². The molecule has 136 valence electrons. The SMILES string of the molecule is CCN(Cc1ccc(Cl)s1)C(=O)CCn1cnc2ccc(Br)cc2c1=O. The first-order chi connectivity index (χ1) is 12.5. The Morgan fingerprint density at radius 2 is 2.15 bits per heavy atom. The van der Waals surface area contributed by atoms with Gasteiger partial charge in [-0.1, -0.05) is 27.5 Å². The van der Waals surface area contributed by atoms with Crippen molar-refractivity contribution in [2.24, 2.45) is 0 Å². The van der Waals surface area contributed by atoms with Gasteiger partial charge in [-0.2, -0.15) is 0 Å². The van der Waals surface area contributed by atoms with Crippen LogP contribution in [-0.2, 0) is 17.9 Å². The van der Waals surface area contributed by atoms with Crippen molar-refractivity contribution in [3.05, 3.63) is 60.7 Å². The summed E-state index contributed by atoms with van der Waals surface area (Å²) in [5.74, 6) is -0.00161. The molecule has 0 saturated heterocycles. The summed E-state index contributed by atoms with van der Waals surface area (Å²) in [6, 6.07) is 9.15. The molecule has 2 heterocycles. The van der Waals surface area contributed by atoms with Gasteiger partial charge in [0.1, 0.15) is 0 Å². The molecule has 3 aromatic rings. The Balaban J connectivity index is 1.71. The fourth-order valence-electron chi connectivity index (χ4n) is 2.67. The molecule has 3 rings (SSSR count). The van der Waals surface area contributed by atoms with E-state index in [0.717, 1.165) is 9.35 Å². The van der Waals surface area contributed by atoms with Crippen molar-refractivity contribution in [2.75, 3.05) is 6.54 Å². The minimum atomic E-state index is -0.141. The van der Waals surface area contributed by atoms with E-state index < -0.39 is 0 Å². The van der Waals surface area contributed by atoms with Gasteiger partial charge in [0.05, 0.1) is 28.1 Å². The molecule has 5 nitrogen and oxygen atoms in total. The van der Waals surface area contributed by atoms with Crippen LogP contribution in [0.1, 0.15) is 18.2 Å². The van der Waals surface area contributed by atoms with Crippen LogP contribution in [0.3, 0.4) is 0 Å². The van der Waals surface area contributed by atoms with E-state index in [0.29, 0.717) is 34.9 Å². The van der Waals surface area contributed by atoms with Gasteiger partial charge in [-0.15, -0.1) is 11.3 Å². The van der Waals surface area contributed by atoms with Crippen molar-refractivity contribution in [1.82, 2.24) is 14.5 Å². The highest BCUT2D eigenvalue weighted by Gasteiger charge is 2.14. The first-order valence-corrected chi connectivity index (χ1v) is 10.1. The number of hydrogen-bond donors (Lipinski definition) is 0. The van der Waals surface area contributed by atoms with Crippen LogP contribution in [0.15, 0.2) is 45.9 Å². The van der Waals surface area contributed by atoms with Gasteiger partial charge in [0.25, 0.3) is 5.56 Å². The van der Waals surface area contributed by atoms with E-state index in [-0.39, 0.29) is 17.9 Å². The number of carbonyl (C=O) groups is 1. The standard InChI is InChI=1S/C18H17BrClN3O2S/c1-2-22(10-13-4-6-16(20)26-13)17(24)7-8-23-11-21-15-5-3-12(19)9-14(15)18(23)25/h3-6,9,11H,2,7-8,10H2,1H3. The number of rotatable bonds is 6. The summed E-state index contributed by atoms with van der Waals surface area (Å²) in [6.45, 7) is 3.37. The average Bonchev–Trinajstić information content (AvgIpc) is 3.04. The zero-order chi connectivity index (χ0) is 18.7. The van der Waals surface area contributed by atoms with E-state index >= 15 is 0 Å². The smallest absolute Gasteiger partial charge is 0.261 e. The van der Waals surface area contributed by atoms with E-state index in [1.54, 1.807) is 17.0 Å². The summed E-state index contributed by atoms with van der Waals surface area (Å²) in [5, 5.41) is 0.537. The van der Waals surface area contributed by atoms with Crippen LogP contribution < -0.4 is 5.56 Å². The topological polar surface area (TPSA) is 55.2 Å². The van der Waals surface area contributed by atoms with Crippen molar-refractivity contribution in [1.29, 1.82) is 0 Å². The number of hydrogen-bond acceptors (Lipinski definition) is 4. The maximum Gasteiger partial charge on any atom is 0.261 e. The average molecular weight is 455 g/mol. The Hall–Kier alpha value is -1.70. The second-order valence-electron chi connectivity index (χ2n) is 5.77. The predicted octanol–water partition coefficient (Wildman–Crippen LogP) is 4.31. The first kappa shape index (κ1) is 19.1. The Kier molecular flexibility index (Phi) is 6.11. The molecule has 0 saturated carbocycles. The van der Waals surface area contributed by atoms with Crippen LogP contribution in [0.4, 0.5) is 0 Å². The molecule has 26 heavy (non-hydrogen) atoms. The van der Waals surface area contributed by atoms with Crippen molar-refractivity contribution < 1.29 is 4.79 Å². The highest BCUT2D eigenvalue weighted by atomic mass is 79.9. The zero-order valence-electron chi connectivity index (χ0n) is 14.1. The largest absolute Gasteiger partial charge is 0.338 e. The third kappa shape index (κ3) is 4.34. The molecule has 2 aromatic heterocycles. The van der Waals surface area contributed by atoms with E-state index in [1.807, 2.05) is 25.1 Å². The molecule has 0 radical (unpaired) electrons. The first-order valence-electron chi connectivity index (χ1n) is 8.14. The molecule has 0 bridgehead atoms. The normalized spacial score (nSPS) is 11.0. The zero-order valence-corrected chi connectivity index (χ0v) is 17.3. The van der Waals surface area contributed by atoms with Crippen LogP contribution in [0.5, 0.6) is 0 Å². The number of thiophene rings is 1. The van der Waals surface area contributed by atoms with Gasteiger partial charge >= 0.3 is 0 Å². The van der Waals surface area contributed by atoms with Crippen LogP contribution in [0.25, 0.3) is 10.9 Å². The lowest BCUT2D eigenvalue weighted by atomic mass is 10.2. The van der Waals surface area contributed by atoms with E-state index in [2.05, 4.69) is 20.9 Å². The molecule has 0 N–H and O–H groups in total. The number of aromatic nitrogens is 2. The van der Waals surface area contributed by atoms with Gasteiger partial charge in [-0.05, 0) is 37.3 Å². The third-order valence-corrected chi connectivity index (χ3v) is 5.77. The molecule has 1 amide bonds. The summed E-state index contributed by atoms with van der Waals surface area (Å²) in [6.07, 6.45) is 1.75. The molecule has 0 unspecified atom stereocenters. The van der Waals surface area contributed by atoms with Gasteiger partial charge in [-0.3, -0.25) is 14.2 Å². The van der Waals surface area contributed by atoms with Gasteiger partial charge in [-0.25, -0.2) is 4.98 Å². The molecular weight excluding hydrogens is 438 g/mol. The van der Waals surface area contributed by atoms with Crippen molar-refractivity contribution in [3.8, 4) is 0 Å². The monoisotopic (exact) mass is 453 g/mol. The van der Waals surface area contributed by atoms with E-state index in [4.69, 9.17) is 11.6 Å². The highest BCUT2D eigenvalue weighted by Crippen LogP contribution is 2.23. The number of aryl methyl sites for hydroxylation is 1. The lowest BCUT2D eigenvalue weighted by Gasteiger charge is -2.20. The Bertz CT molecular complexity index is 1000. The fraction of sp³-hybridized carbons (Fsp3) is 0.278. The molecule has 0 fully saturated rings. The number of nitrogens with zero attached hydrogens (tertiary/aromatic N) is 3. The highest BCUT2D eigenvalue weighted by molar-refractivity contribution is 9.10. The third-order valence-electron chi connectivity index (χ3n) is 4.06. The summed E-state index contributed by atoms with van der Waals surface area (Å²) >= 11 is 10.8. The lowest BCUT2D eigenvalue weighted by Crippen LogP contribution is -2.32. The molecule has 0 aliphatic heterocycles. The maximum atomic E-state index is 12.6. The molecule has 0 spiro atoms. The molecular formula is C18H17BrClN3O2S. The lowest BCUT2D eigenvalue weighted by molar-refractivity contribution is -0.131. The molecule has 0 aliphatic rings. The number of amides is 1. The number of halogens is 2. The van der Waals surface area contributed by atoms with Crippen LogP contribution >= 0.6 is 38.9 Å². The molecule has 0 aliphatic carbocycles. The van der Waals surface area contributed by atoms with Gasteiger partial charge in [0.2, 0.25) is 5.91 Å². The van der Waals surface area contributed by atoms with Gasteiger partial charge < -0.3 is 4.90 Å². The van der Waals surface area contributed by atoms with Crippen molar-refractivity contribution in [3.63, 3.8) is 0 Å². The van der Waals surface area contributed by atoms with Gasteiger partial charge in [0.15, 0.2) is 0 Å². The summed E-state index contributed by atoms with van der Waals surface area (Å²) in [4.78, 5) is 32.2. The predicted molar refractivity (Wildman–Crippen MR) is 109 cm³/mol. The molecule has 1 aromatic carbocycles. The Labute approximate surface area is 168 Å². The van der Waals surface area contributed by atoms with Crippen molar-refractivity contribution >= 4 is 55.7 Å². The molecule has 8 heteroatoms. The summed E-state index contributed by atoms with van der Waals surface area (Å²) in [5.41, 5.74) is 0.503. The van der Waals surface area contributed by atoms with E-state index in [9.17, 15) is 9.59 Å². The summed E-state index contributed by atoms with van der Waals surface area (Å²) < 4.78 is 3.02. The Morgan fingerprint density at radius 1 is 1.35 bits per heavy atom. The van der Waals surface area contributed by atoms with Crippen LogP contribution in [0, 0.1) is 0 Å². The maximum absolute atomic E-state index is 12.6. The van der Waals surface area contributed by atoms with Crippen LogP contribution in [-0.4, -0.2) is 26.9 Å². The fourth-order valence-corrected chi connectivity index (χ4v) is 4.13. The van der Waals surface area contributed by atoms with Gasteiger partial charge in [0, 0.05) is 28.9 Å².